The van der Waals surface area contributed by atoms with Gasteiger partial charge in [0.05, 0.1) is 0 Å². The maximum Gasteiger partial charge on any atom is 0.123 e. The highest BCUT2D eigenvalue weighted by atomic mass is 16.5. The fraction of sp³-hybridized carbons (Fsp3) is 0.600. The van der Waals surface area contributed by atoms with Crippen LogP contribution < -0.4 is 10.5 Å². The Bertz CT molecular complexity index is 396. The molecule has 1 unspecified atom stereocenters. The van der Waals surface area contributed by atoms with Gasteiger partial charge in [0.2, 0.25) is 0 Å². The van der Waals surface area contributed by atoms with Crippen molar-refractivity contribution in [1.82, 2.24) is 0 Å². The van der Waals surface area contributed by atoms with Crippen LogP contribution in [0.2, 0.25) is 0 Å². The van der Waals surface area contributed by atoms with Crippen molar-refractivity contribution in [2.24, 2.45) is 5.73 Å². The fourth-order valence-electron chi connectivity index (χ4n) is 2.56. The van der Waals surface area contributed by atoms with Gasteiger partial charge in [-0.1, -0.05) is 31.5 Å². The Morgan fingerprint density at radius 2 is 2.06 bits per heavy atom. The molecular weight excluding hydrogens is 210 g/mol. The Labute approximate surface area is 104 Å². The maximum atomic E-state index is 6.36. The zero-order valence-electron chi connectivity index (χ0n) is 11.1. The molecule has 0 bridgehead atoms. The molecule has 0 spiro atoms. The van der Waals surface area contributed by atoms with Crippen LogP contribution in [0.15, 0.2) is 18.2 Å². The highest BCUT2D eigenvalue weighted by molar-refractivity contribution is 5.40. The van der Waals surface area contributed by atoms with Gasteiger partial charge >= 0.3 is 0 Å². The lowest BCUT2D eigenvalue weighted by Gasteiger charge is -2.29. The SMILES string of the molecule is CCC(N)(CC)CC1Cc2cc(C)ccc2O1. The molecule has 0 aliphatic carbocycles. The average molecular weight is 233 g/mol. The lowest BCUT2D eigenvalue weighted by molar-refractivity contribution is 0.173. The highest BCUT2D eigenvalue weighted by Crippen LogP contribution is 2.33. The van der Waals surface area contributed by atoms with Crippen LogP contribution in [-0.2, 0) is 6.42 Å². The number of hydrogen-bond acceptors (Lipinski definition) is 2. The average Bonchev–Trinajstić information content (AvgIpc) is 2.70. The number of aryl methyl sites for hydroxylation is 1. The Morgan fingerprint density at radius 1 is 1.35 bits per heavy atom. The van der Waals surface area contributed by atoms with E-state index in [1.165, 1.54) is 11.1 Å². The maximum absolute atomic E-state index is 6.36. The number of nitrogens with two attached hydrogens (primary N) is 1. The molecule has 0 saturated heterocycles. The second kappa shape index (κ2) is 4.69. The lowest BCUT2D eigenvalue weighted by atomic mass is 9.86. The van der Waals surface area contributed by atoms with Gasteiger partial charge in [0.15, 0.2) is 0 Å². The minimum absolute atomic E-state index is 0.0677. The quantitative estimate of drug-likeness (QED) is 0.866. The summed E-state index contributed by atoms with van der Waals surface area (Å²) in [6.07, 6.45) is 4.25. The van der Waals surface area contributed by atoms with Crippen LogP contribution in [-0.4, -0.2) is 11.6 Å². The summed E-state index contributed by atoms with van der Waals surface area (Å²) in [7, 11) is 0. The molecule has 1 aromatic rings. The first-order chi connectivity index (χ1) is 8.06. The largest absolute Gasteiger partial charge is 0.490 e. The number of ether oxygens (including phenoxy) is 1. The third-order valence-electron chi connectivity index (χ3n) is 4.00. The highest BCUT2D eigenvalue weighted by Gasteiger charge is 2.30. The van der Waals surface area contributed by atoms with Gasteiger partial charge in [-0.05, 0) is 31.4 Å². The molecule has 1 aromatic carbocycles. The summed E-state index contributed by atoms with van der Waals surface area (Å²) in [5.41, 5.74) is 8.93. The van der Waals surface area contributed by atoms with Crippen LogP contribution in [0.3, 0.4) is 0 Å². The van der Waals surface area contributed by atoms with Gasteiger partial charge in [0.1, 0.15) is 11.9 Å². The molecule has 0 fully saturated rings. The Kier molecular flexibility index (Phi) is 3.43. The molecule has 0 saturated carbocycles. The van der Waals surface area contributed by atoms with Crippen LogP contribution in [0.25, 0.3) is 0 Å². The fourth-order valence-corrected chi connectivity index (χ4v) is 2.56. The molecule has 1 atom stereocenters. The van der Waals surface area contributed by atoms with E-state index in [1.54, 1.807) is 0 Å². The summed E-state index contributed by atoms with van der Waals surface area (Å²) in [6, 6.07) is 6.42. The Morgan fingerprint density at radius 3 is 2.71 bits per heavy atom. The van der Waals surface area contributed by atoms with Crippen LogP contribution in [0.1, 0.15) is 44.2 Å². The van der Waals surface area contributed by atoms with E-state index in [1.807, 2.05) is 0 Å². The predicted molar refractivity (Wildman–Crippen MR) is 71.4 cm³/mol. The van der Waals surface area contributed by atoms with Gasteiger partial charge in [-0.3, -0.25) is 0 Å². The van der Waals surface area contributed by atoms with Crippen LogP contribution in [0.4, 0.5) is 0 Å². The van der Waals surface area contributed by atoms with Crippen molar-refractivity contribution < 1.29 is 4.74 Å². The first kappa shape index (κ1) is 12.4. The normalized spacial score (nSPS) is 18.9. The minimum atomic E-state index is -0.0677. The number of rotatable bonds is 4. The van der Waals surface area contributed by atoms with E-state index in [4.69, 9.17) is 10.5 Å². The molecule has 2 N–H and O–H groups in total. The summed E-state index contributed by atoms with van der Waals surface area (Å²) < 4.78 is 5.98. The van der Waals surface area contributed by atoms with Crippen molar-refractivity contribution in [1.29, 1.82) is 0 Å². The molecular formula is C15H23NO. The van der Waals surface area contributed by atoms with E-state index >= 15 is 0 Å². The van der Waals surface area contributed by atoms with Crippen molar-refractivity contribution in [2.45, 2.75) is 58.1 Å². The third kappa shape index (κ3) is 2.63. The molecule has 0 aromatic heterocycles. The Balaban J connectivity index is 2.05. The third-order valence-corrected chi connectivity index (χ3v) is 4.00. The summed E-state index contributed by atoms with van der Waals surface area (Å²) in [5.74, 6) is 1.05. The van der Waals surface area contributed by atoms with Gasteiger partial charge < -0.3 is 10.5 Å². The molecule has 2 nitrogen and oxygen atoms in total. The molecule has 1 heterocycles. The van der Waals surface area contributed by atoms with E-state index in [2.05, 4.69) is 39.0 Å². The van der Waals surface area contributed by atoms with Gasteiger partial charge in [0.25, 0.3) is 0 Å². The molecule has 0 radical (unpaired) electrons. The summed E-state index contributed by atoms with van der Waals surface area (Å²) in [5, 5.41) is 0. The second-order valence-corrected chi connectivity index (χ2v) is 5.33. The zero-order valence-corrected chi connectivity index (χ0v) is 11.1. The monoisotopic (exact) mass is 233 g/mol. The van der Waals surface area contributed by atoms with Crippen molar-refractivity contribution >= 4 is 0 Å². The van der Waals surface area contributed by atoms with E-state index in [-0.39, 0.29) is 11.6 Å². The number of benzene rings is 1. The zero-order chi connectivity index (χ0) is 12.5. The predicted octanol–water partition coefficient (Wildman–Crippen LogP) is 3.21. The minimum Gasteiger partial charge on any atom is -0.490 e. The van der Waals surface area contributed by atoms with Crippen LogP contribution in [0.5, 0.6) is 5.75 Å². The van der Waals surface area contributed by atoms with Crippen molar-refractivity contribution in [3.05, 3.63) is 29.3 Å². The van der Waals surface area contributed by atoms with Gasteiger partial charge in [-0.25, -0.2) is 0 Å². The van der Waals surface area contributed by atoms with Gasteiger partial charge in [0, 0.05) is 18.4 Å². The summed E-state index contributed by atoms with van der Waals surface area (Å²) in [4.78, 5) is 0. The topological polar surface area (TPSA) is 35.2 Å². The first-order valence-electron chi connectivity index (χ1n) is 6.61. The van der Waals surface area contributed by atoms with E-state index < -0.39 is 0 Å². The molecule has 1 aliphatic rings. The van der Waals surface area contributed by atoms with Crippen molar-refractivity contribution in [3.8, 4) is 5.75 Å². The molecule has 94 valence electrons. The standard InChI is InChI=1S/C15H23NO/c1-4-15(16,5-2)10-13-9-12-8-11(3)6-7-14(12)17-13/h6-8,13H,4-5,9-10,16H2,1-3H3. The smallest absolute Gasteiger partial charge is 0.123 e. The molecule has 2 heteroatoms. The van der Waals surface area contributed by atoms with Gasteiger partial charge in [-0.15, -0.1) is 0 Å². The number of hydrogen-bond donors (Lipinski definition) is 1. The van der Waals surface area contributed by atoms with Crippen LogP contribution in [0, 0.1) is 6.92 Å². The second-order valence-electron chi connectivity index (χ2n) is 5.33. The number of fused-ring (bicyclic) bond motifs is 1. The van der Waals surface area contributed by atoms with Crippen LogP contribution >= 0.6 is 0 Å². The lowest BCUT2D eigenvalue weighted by Crippen LogP contribution is -2.42. The van der Waals surface area contributed by atoms with Gasteiger partial charge in [-0.2, -0.15) is 0 Å². The summed E-state index contributed by atoms with van der Waals surface area (Å²) >= 11 is 0. The molecule has 0 amide bonds. The molecule has 17 heavy (non-hydrogen) atoms. The van der Waals surface area contributed by atoms with Crippen molar-refractivity contribution in [3.63, 3.8) is 0 Å². The van der Waals surface area contributed by atoms with E-state index in [9.17, 15) is 0 Å². The van der Waals surface area contributed by atoms with E-state index in [0.717, 1.165) is 31.4 Å². The Hall–Kier alpha value is -1.02. The molecule has 2 rings (SSSR count). The first-order valence-corrected chi connectivity index (χ1v) is 6.61. The molecule has 1 aliphatic heterocycles. The van der Waals surface area contributed by atoms with Crippen molar-refractivity contribution in [2.75, 3.05) is 0 Å². The summed E-state index contributed by atoms with van der Waals surface area (Å²) in [6.45, 7) is 6.45. The van der Waals surface area contributed by atoms with E-state index in [0.29, 0.717) is 0 Å².